The highest BCUT2D eigenvalue weighted by molar-refractivity contribution is 5.96. The molecule has 142 valence electrons. The van der Waals surface area contributed by atoms with Crippen molar-refractivity contribution >= 4 is 29.5 Å². The van der Waals surface area contributed by atoms with E-state index in [1.807, 2.05) is 54.7 Å². The molecule has 0 spiro atoms. The first-order valence-electron chi connectivity index (χ1n) is 9.11. The van der Waals surface area contributed by atoms with Gasteiger partial charge in [0.25, 0.3) is 0 Å². The van der Waals surface area contributed by atoms with Gasteiger partial charge in [0, 0.05) is 17.6 Å². The summed E-state index contributed by atoms with van der Waals surface area (Å²) in [5.41, 5.74) is 4.59. The molecule has 3 aromatic carbocycles. The number of carbonyl (C=O) groups is 1. The van der Waals surface area contributed by atoms with Gasteiger partial charge < -0.3 is 10.0 Å². The maximum atomic E-state index is 11.0. The van der Waals surface area contributed by atoms with Gasteiger partial charge in [-0.1, -0.05) is 60.2 Å². The molecule has 0 aliphatic rings. The van der Waals surface area contributed by atoms with E-state index in [0.29, 0.717) is 5.56 Å². The van der Waals surface area contributed by atoms with Crippen LogP contribution in [0.1, 0.15) is 16.7 Å². The van der Waals surface area contributed by atoms with Gasteiger partial charge in [0.2, 0.25) is 0 Å². The summed E-state index contributed by atoms with van der Waals surface area (Å²) in [6, 6.07) is 27.3. The highest BCUT2D eigenvalue weighted by atomic mass is 16.4. The summed E-state index contributed by atoms with van der Waals surface area (Å²) in [7, 11) is 0. The monoisotopic (exact) mass is 380 g/mol. The smallest absolute Gasteiger partial charge is 0.346 e. The predicted molar refractivity (Wildman–Crippen MR) is 116 cm³/mol. The molecule has 0 aliphatic heterocycles. The Kier molecular flexibility index (Phi) is 6.24. The molecule has 4 nitrogen and oxygen atoms in total. The second-order valence-corrected chi connectivity index (χ2v) is 6.50. The van der Waals surface area contributed by atoms with E-state index in [-0.39, 0.29) is 5.57 Å². The van der Waals surface area contributed by atoms with E-state index >= 15 is 0 Å². The molecule has 0 saturated carbocycles. The van der Waals surface area contributed by atoms with Crippen LogP contribution in [0.5, 0.6) is 0 Å². The number of hydrogen-bond acceptors (Lipinski definition) is 3. The van der Waals surface area contributed by atoms with E-state index < -0.39 is 5.97 Å². The molecule has 4 heteroatoms. The Morgan fingerprint density at radius 1 is 0.897 bits per heavy atom. The van der Waals surface area contributed by atoms with Crippen LogP contribution in [0.4, 0.5) is 11.4 Å². The van der Waals surface area contributed by atoms with Crippen molar-refractivity contribution in [2.24, 2.45) is 0 Å². The van der Waals surface area contributed by atoms with Crippen LogP contribution in [0, 0.1) is 18.3 Å². The first-order chi connectivity index (χ1) is 14.1. The molecule has 0 aliphatic carbocycles. The predicted octanol–water partition coefficient (Wildman–Crippen LogP) is 5.80. The fraction of sp³-hybridized carbons (Fsp3) is 0.0400. The lowest BCUT2D eigenvalue weighted by molar-refractivity contribution is -0.132. The van der Waals surface area contributed by atoms with Crippen LogP contribution in [0.15, 0.2) is 90.6 Å². The molecular weight excluding hydrogens is 360 g/mol. The van der Waals surface area contributed by atoms with Crippen molar-refractivity contribution in [2.75, 3.05) is 4.90 Å². The van der Waals surface area contributed by atoms with Crippen LogP contribution in [0.25, 0.3) is 12.2 Å². The van der Waals surface area contributed by atoms with Gasteiger partial charge in [0.15, 0.2) is 0 Å². The molecule has 1 N–H and O–H groups in total. The first kappa shape index (κ1) is 19.7. The maximum Gasteiger partial charge on any atom is 0.346 e. The lowest BCUT2D eigenvalue weighted by atomic mass is 10.1. The Morgan fingerprint density at radius 2 is 1.48 bits per heavy atom. The Morgan fingerprint density at radius 3 is 2.07 bits per heavy atom. The molecule has 0 fully saturated rings. The number of nitriles is 1. The van der Waals surface area contributed by atoms with Crippen LogP contribution in [-0.2, 0) is 4.79 Å². The number of carboxylic acids is 1. The molecule has 0 heterocycles. The average Bonchev–Trinajstić information content (AvgIpc) is 2.75. The fourth-order valence-corrected chi connectivity index (χ4v) is 2.79. The summed E-state index contributed by atoms with van der Waals surface area (Å²) in [5, 5.41) is 17.9. The quantitative estimate of drug-likeness (QED) is 0.434. The van der Waals surface area contributed by atoms with Gasteiger partial charge >= 0.3 is 5.97 Å². The number of aryl methyl sites for hydroxylation is 1. The second kappa shape index (κ2) is 9.20. The van der Waals surface area contributed by atoms with Gasteiger partial charge in [-0.25, -0.2) is 4.79 Å². The Hall–Kier alpha value is -4.10. The molecule has 29 heavy (non-hydrogen) atoms. The SMILES string of the molecule is Cc1ccc(/C=C/N(c2ccccc2)c2ccc(/C=C(/C#N)C(=O)O)cc2)cc1. The van der Waals surface area contributed by atoms with Crippen molar-refractivity contribution in [1.82, 2.24) is 0 Å². The first-order valence-corrected chi connectivity index (χ1v) is 9.11. The molecule has 0 radical (unpaired) electrons. The standard InChI is InChI=1S/C25H20N2O2/c1-19-7-9-20(10-8-19)15-16-27(23-5-3-2-4-6-23)24-13-11-21(12-14-24)17-22(18-26)25(28)29/h2-17H,1H3,(H,28,29)/b16-15+,22-17-. The maximum absolute atomic E-state index is 11.0. The summed E-state index contributed by atoms with van der Waals surface area (Å²) in [4.78, 5) is 13.1. The van der Waals surface area contributed by atoms with Gasteiger partial charge in [-0.05, 0) is 54.5 Å². The van der Waals surface area contributed by atoms with Crippen molar-refractivity contribution in [1.29, 1.82) is 5.26 Å². The van der Waals surface area contributed by atoms with E-state index in [9.17, 15) is 4.79 Å². The number of rotatable bonds is 6. The van der Waals surface area contributed by atoms with Gasteiger partial charge in [0.05, 0.1) is 0 Å². The molecule has 0 aromatic heterocycles. The molecular formula is C25H20N2O2. The van der Waals surface area contributed by atoms with Crippen LogP contribution in [0.3, 0.4) is 0 Å². The zero-order valence-corrected chi connectivity index (χ0v) is 16.0. The summed E-state index contributed by atoms with van der Waals surface area (Å²) in [5.74, 6) is -1.23. The molecule has 0 amide bonds. The van der Waals surface area contributed by atoms with Crippen LogP contribution in [-0.4, -0.2) is 11.1 Å². The minimum Gasteiger partial charge on any atom is -0.477 e. The molecule has 3 rings (SSSR count). The molecule has 0 bridgehead atoms. The summed E-state index contributed by atoms with van der Waals surface area (Å²) in [6.45, 7) is 2.06. The van der Waals surface area contributed by atoms with Gasteiger partial charge in [-0.2, -0.15) is 5.26 Å². The van der Waals surface area contributed by atoms with E-state index in [0.717, 1.165) is 16.9 Å². The number of carboxylic acid groups (broad SMARTS) is 1. The Labute approximate surface area is 170 Å². The molecule has 0 atom stereocenters. The zero-order valence-electron chi connectivity index (χ0n) is 16.0. The van der Waals surface area contributed by atoms with Crippen LogP contribution >= 0.6 is 0 Å². The minimum atomic E-state index is -1.23. The number of benzene rings is 3. The largest absolute Gasteiger partial charge is 0.477 e. The number of nitrogens with zero attached hydrogens (tertiary/aromatic N) is 2. The number of aliphatic carboxylic acids is 1. The molecule has 3 aromatic rings. The van der Waals surface area contributed by atoms with Crippen molar-refractivity contribution in [2.45, 2.75) is 6.92 Å². The lowest BCUT2D eigenvalue weighted by Crippen LogP contribution is -2.08. The number of anilines is 2. The van der Waals surface area contributed by atoms with E-state index in [4.69, 9.17) is 10.4 Å². The third-order valence-electron chi connectivity index (χ3n) is 4.36. The Balaban J connectivity index is 1.93. The summed E-state index contributed by atoms with van der Waals surface area (Å²) < 4.78 is 0. The van der Waals surface area contributed by atoms with Gasteiger partial charge in [-0.15, -0.1) is 0 Å². The minimum absolute atomic E-state index is 0.295. The highest BCUT2D eigenvalue weighted by Crippen LogP contribution is 2.27. The van der Waals surface area contributed by atoms with Crippen LogP contribution in [0.2, 0.25) is 0 Å². The summed E-state index contributed by atoms with van der Waals surface area (Å²) >= 11 is 0. The highest BCUT2D eigenvalue weighted by Gasteiger charge is 2.08. The van der Waals surface area contributed by atoms with E-state index in [1.165, 1.54) is 11.6 Å². The topological polar surface area (TPSA) is 64.3 Å². The van der Waals surface area contributed by atoms with Gasteiger partial charge in [0.1, 0.15) is 11.6 Å². The van der Waals surface area contributed by atoms with Crippen LogP contribution < -0.4 is 4.90 Å². The van der Waals surface area contributed by atoms with E-state index in [1.54, 1.807) is 18.2 Å². The molecule has 0 saturated heterocycles. The van der Waals surface area contributed by atoms with Crippen molar-refractivity contribution in [3.8, 4) is 6.07 Å². The van der Waals surface area contributed by atoms with Crippen molar-refractivity contribution < 1.29 is 9.90 Å². The number of para-hydroxylation sites is 1. The molecule has 0 unspecified atom stereocenters. The number of hydrogen-bond donors (Lipinski definition) is 1. The summed E-state index contributed by atoms with van der Waals surface area (Å²) in [6.07, 6.45) is 5.41. The Bertz CT molecular complexity index is 1070. The third-order valence-corrected chi connectivity index (χ3v) is 4.36. The second-order valence-electron chi connectivity index (χ2n) is 6.50. The van der Waals surface area contributed by atoms with Crippen molar-refractivity contribution in [3.05, 3.63) is 107 Å². The zero-order chi connectivity index (χ0) is 20.6. The fourth-order valence-electron chi connectivity index (χ4n) is 2.79. The normalized spacial score (nSPS) is 11.2. The van der Waals surface area contributed by atoms with Crippen molar-refractivity contribution in [3.63, 3.8) is 0 Å². The lowest BCUT2D eigenvalue weighted by Gasteiger charge is -2.21. The van der Waals surface area contributed by atoms with Gasteiger partial charge in [-0.3, -0.25) is 0 Å². The van der Waals surface area contributed by atoms with E-state index in [2.05, 4.69) is 36.1 Å². The third kappa shape index (κ3) is 5.21. The average molecular weight is 380 g/mol.